The summed E-state index contributed by atoms with van der Waals surface area (Å²) in [6.07, 6.45) is 0.391. The van der Waals surface area contributed by atoms with Crippen LogP contribution in [0, 0.1) is 5.82 Å². The summed E-state index contributed by atoms with van der Waals surface area (Å²) >= 11 is 0. The molecule has 0 bridgehead atoms. The lowest BCUT2D eigenvalue weighted by atomic mass is 10.2. The van der Waals surface area contributed by atoms with Gasteiger partial charge >= 0.3 is 0 Å². The van der Waals surface area contributed by atoms with Gasteiger partial charge in [0, 0.05) is 36.7 Å². The van der Waals surface area contributed by atoms with E-state index in [9.17, 15) is 14.0 Å². The van der Waals surface area contributed by atoms with Crippen LogP contribution in [0.5, 0.6) is 5.75 Å². The largest absolute Gasteiger partial charge is 0.484 e. The SMILES string of the molecule is CCNC(=O)COc1cccc(NC(=O)CCc2nc(-c3ccc(F)cc3)no2)c1. The van der Waals surface area contributed by atoms with Crippen molar-refractivity contribution in [3.8, 4) is 17.1 Å². The second-order valence-electron chi connectivity index (χ2n) is 6.34. The first-order valence-corrected chi connectivity index (χ1v) is 9.41. The highest BCUT2D eigenvalue weighted by atomic mass is 19.1. The number of aromatic nitrogens is 2. The third kappa shape index (κ3) is 6.13. The summed E-state index contributed by atoms with van der Waals surface area (Å²) < 4.78 is 23.6. The van der Waals surface area contributed by atoms with Crippen molar-refractivity contribution in [2.45, 2.75) is 19.8 Å². The van der Waals surface area contributed by atoms with Crippen LogP contribution >= 0.6 is 0 Å². The maximum atomic E-state index is 13.0. The minimum Gasteiger partial charge on any atom is -0.484 e. The second kappa shape index (κ2) is 10.1. The summed E-state index contributed by atoms with van der Waals surface area (Å²) in [5, 5.41) is 9.25. The maximum Gasteiger partial charge on any atom is 0.257 e. The van der Waals surface area contributed by atoms with Crippen LogP contribution in [0.4, 0.5) is 10.1 Å². The predicted molar refractivity (Wildman–Crippen MR) is 107 cm³/mol. The van der Waals surface area contributed by atoms with Crippen molar-refractivity contribution in [2.75, 3.05) is 18.5 Å². The molecule has 156 valence electrons. The van der Waals surface area contributed by atoms with Crippen molar-refractivity contribution in [2.24, 2.45) is 0 Å². The highest BCUT2D eigenvalue weighted by Gasteiger charge is 2.11. The minimum atomic E-state index is -0.349. The van der Waals surface area contributed by atoms with Gasteiger partial charge in [-0.15, -0.1) is 0 Å². The van der Waals surface area contributed by atoms with E-state index < -0.39 is 0 Å². The summed E-state index contributed by atoms with van der Waals surface area (Å²) in [7, 11) is 0. The number of nitrogens with one attached hydrogen (secondary N) is 2. The lowest BCUT2D eigenvalue weighted by Gasteiger charge is -2.09. The molecule has 0 aliphatic rings. The van der Waals surface area contributed by atoms with Gasteiger partial charge in [0.1, 0.15) is 11.6 Å². The van der Waals surface area contributed by atoms with Gasteiger partial charge in [-0.1, -0.05) is 11.2 Å². The van der Waals surface area contributed by atoms with E-state index in [4.69, 9.17) is 9.26 Å². The molecule has 1 heterocycles. The Labute approximate surface area is 172 Å². The van der Waals surface area contributed by atoms with Crippen LogP contribution in [0.25, 0.3) is 11.4 Å². The normalized spacial score (nSPS) is 10.5. The number of rotatable bonds is 9. The third-order valence-corrected chi connectivity index (χ3v) is 4.00. The Hall–Kier alpha value is -3.75. The van der Waals surface area contributed by atoms with Crippen LogP contribution in [0.3, 0.4) is 0 Å². The van der Waals surface area contributed by atoms with Gasteiger partial charge in [-0.25, -0.2) is 4.39 Å². The van der Waals surface area contributed by atoms with E-state index in [1.807, 2.05) is 6.92 Å². The summed E-state index contributed by atoms with van der Waals surface area (Å²) in [5.41, 5.74) is 1.17. The molecule has 0 saturated carbocycles. The molecule has 0 saturated heterocycles. The fourth-order valence-electron chi connectivity index (χ4n) is 2.58. The van der Waals surface area contributed by atoms with Crippen molar-refractivity contribution in [1.82, 2.24) is 15.5 Å². The van der Waals surface area contributed by atoms with Gasteiger partial charge < -0.3 is 19.9 Å². The number of anilines is 1. The van der Waals surface area contributed by atoms with Crippen LogP contribution in [0.2, 0.25) is 0 Å². The second-order valence-corrected chi connectivity index (χ2v) is 6.34. The number of benzene rings is 2. The van der Waals surface area contributed by atoms with Gasteiger partial charge in [0.25, 0.3) is 5.91 Å². The van der Waals surface area contributed by atoms with Gasteiger partial charge in [-0.2, -0.15) is 4.98 Å². The van der Waals surface area contributed by atoms with Crippen LogP contribution in [0.1, 0.15) is 19.2 Å². The molecule has 1 aromatic heterocycles. The van der Waals surface area contributed by atoms with Crippen molar-refractivity contribution >= 4 is 17.5 Å². The molecule has 2 amide bonds. The highest BCUT2D eigenvalue weighted by molar-refractivity contribution is 5.91. The Bertz CT molecular complexity index is 1000. The fraction of sp³-hybridized carbons (Fsp3) is 0.238. The number of aryl methyl sites for hydroxylation is 1. The number of amides is 2. The van der Waals surface area contributed by atoms with Gasteiger partial charge in [0.05, 0.1) is 0 Å². The third-order valence-electron chi connectivity index (χ3n) is 4.00. The van der Waals surface area contributed by atoms with Gasteiger partial charge in [0.15, 0.2) is 6.61 Å². The van der Waals surface area contributed by atoms with Crippen molar-refractivity contribution in [3.05, 3.63) is 60.2 Å². The molecule has 30 heavy (non-hydrogen) atoms. The Balaban J connectivity index is 1.49. The number of hydrogen-bond acceptors (Lipinski definition) is 6. The molecule has 0 radical (unpaired) electrons. The number of likely N-dealkylation sites (N-methyl/N-ethyl adjacent to an activating group) is 1. The minimum absolute atomic E-state index is 0.0984. The molecule has 2 N–H and O–H groups in total. The number of carbonyl (C=O) groups is 2. The first-order chi connectivity index (χ1) is 14.5. The van der Waals surface area contributed by atoms with E-state index in [0.29, 0.717) is 35.3 Å². The quantitative estimate of drug-likeness (QED) is 0.560. The summed E-state index contributed by atoms with van der Waals surface area (Å²) in [6.45, 7) is 2.26. The molecule has 0 aliphatic heterocycles. The number of carbonyl (C=O) groups excluding carboxylic acids is 2. The first kappa shape index (κ1) is 21.0. The molecule has 0 atom stereocenters. The highest BCUT2D eigenvalue weighted by Crippen LogP contribution is 2.19. The molecule has 8 nitrogen and oxygen atoms in total. The molecule has 9 heteroatoms. The fourth-order valence-corrected chi connectivity index (χ4v) is 2.58. The zero-order valence-electron chi connectivity index (χ0n) is 16.4. The number of nitrogens with zero attached hydrogens (tertiary/aromatic N) is 2. The van der Waals surface area contributed by atoms with Gasteiger partial charge in [0.2, 0.25) is 17.6 Å². The Morgan fingerprint density at radius 3 is 2.70 bits per heavy atom. The van der Waals surface area contributed by atoms with E-state index in [-0.39, 0.29) is 37.1 Å². The van der Waals surface area contributed by atoms with Crippen molar-refractivity contribution in [1.29, 1.82) is 0 Å². The standard InChI is InChI=1S/C21H21FN4O4/c1-2-23-19(28)13-29-17-5-3-4-16(12-17)24-18(27)10-11-20-25-21(26-30-20)14-6-8-15(22)9-7-14/h3-9,12H,2,10-11,13H2,1H3,(H,23,28)(H,24,27). The Morgan fingerprint density at radius 1 is 1.13 bits per heavy atom. The molecular formula is C21H21FN4O4. The van der Waals surface area contributed by atoms with Crippen LogP contribution in [-0.4, -0.2) is 35.1 Å². The predicted octanol–water partition coefficient (Wildman–Crippen LogP) is 2.96. The van der Waals surface area contributed by atoms with E-state index in [2.05, 4.69) is 20.8 Å². The van der Waals surface area contributed by atoms with Crippen molar-refractivity contribution in [3.63, 3.8) is 0 Å². The monoisotopic (exact) mass is 412 g/mol. The smallest absolute Gasteiger partial charge is 0.257 e. The van der Waals surface area contributed by atoms with Crippen LogP contribution in [-0.2, 0) is 16.0 Å². The molecule has 0 aliphatic carbocycles. The molecule has 2 aromatic carbocycles. The zero-order valence-corrected chi connectivity index (χ0v) is 16.4. The topological polar surface area (TPSA) is 106 Å². The van der Waals surface area contributed by atoms with E-state index in [0.717, 1.165) is 0 Å². The van der Waals surface area contributed by atoms with E-state index in [1.54, 1.807) is 36.4 Å². The zero-order chi connectivity index (χ0) is 21.3. The summed E-state index contributed by atoms with van der Waals surface area (Å²) in [5.74, 6) is 0.313. The van der Waals surface area contributed by atoms with Gasteiger partial charge in [-0.3, -0.25) is 9.59 Å². The van der Waals surface area contributed by atoms with Gasteiger partial charge in [-0.05, 0) is 43.3 Å². The molecular weight excluding hydrogens is 391 g/mol. The van der Waals surface area contributed by atoms with Crippen molar-refractivity contribution < 1.29 is 23.2 Å². The molecule has 0 fully saturated rings. The molecule has 3 aromatic rings. The maximum absolute atomic E-state index is 13.0. The van der Waals surface area contributed by atoms with Crippen LogP contribution < -0.4 is 15.4 Å². The Morgan fingerprint density at radius 2 is 1.93 bits per heavy atom. The average Bonchev–Trinajstić information content (AvgIpc) is 3.21. The Kier molecular flexibility index (Phi) is 7.09. The lowest BCUT2D eigenvalue weighted by molar-refractivity contribution is -0.123. The summed E-state index contributed by atoms with van der Waals surface area (Å²) in [6, 6.07) is 12.5. The average molecular weight is 412 g/mol. The van der Waals surface area contributed by atoms with E-state index >= 15 is 0 Å². The number of hydrogen-bond donors (Lipinski definition) is 2. The van der Waals surface area contributed by atoms with E-state index in [1.165, 1.54) is 12.1 Å². The first-order valence-electron chi connectivity index (χ1n) is 9.41. The number of halogens is 1. The number of ether oxygens (including phenoxy) is 1. The summed E-state index contributed by atoms with van der Waals surface area (Å²) in [4.78, 5) is 27.9. The molecule has 0 spiro atoms. The molecule has 3 rings (SSSR count). The molecule has 0 unspecified atom stereocenters. The lowest BCUT2D eigenvalue weighted by Crippen LogP contribution is -2.28. The van der Waals surface area contributed by atoms with Crippen LogP contribution in [0.15, 0.2) is 53.1 Å².